The Kier molecular flexibility index (Phi) is 6.33. The summed E-state index contributed by atoms with van der Waals surface area (Å²) < 4.78 is 23.8. The minimum absolute atomic E-state index is 0.0320. The van der Waals surface area contributed by atoms with Crippen LogP contribution in [0.2, 0.25) is 0 Å². The Morgan fingerprint density at radius 2 is 2.00 bits per heavy atom. The summed E-state index contributed by atoms with van der Waals surface area (Å²) in [6.07, 6.45) is 3.85. The molecule has 0 unspecified atom stereocenters. The van der Waals surface area contributed by atoms with Crippen LogP contribution in [-0.4, -0.2) is 38.0 Å². The smallest absolute Gasteiger partial charge is 0.258 e. The normalized spacial score (nSPS) is 16.7. The van der Waals surface area contributed by atoms with Gasteiger partial charge in [-0.25, -0.2) is 4.39 Å². The van der Waals surface area contributed by atoms with E-state index in [2.05, 4.69) is 10.3 Å². The van der Waals surface area contributed by atoms with Crippen LogP contribution in [0.4, 0.5) is 10.1 Å². The monoisotopic (exact) mass is 356 g/mol. The Morgan fingerprint density at radius 1 is 1.23 bits per heavy atom. The van der Waals surface area contributed by atoms with Crippen molar-refractivity contribution in [1.82, 2.24) is 5.32 Å². The third kappa shape index (κ3) is 5.67. The standard InChI is InChI=1S/C20H21FN2O3/c21-16-5-7-17(8-6-16)22-12-15-3-9-18(10-4-15)26-14-20(24)23-13-19-2-1-11-25-19/h3-10,12,19H,1-2,11,13-14H2,(H,23,24)/t19-/m1/s1. The van der Waals surface area contributed by atoms with Gasteiger partial charge in [-0.15, -0.1) is 0 Å². The Bertz CT molecular complexity index is 739. The van der Waals surface area contributed by atoms with Crippen LogP contribution in [0.3, 0.4) is 0 Å². The van der Waals surface area contributed by atoms with Crippen molar-refractivity contribution < 1.29 is 18.7 Å². The van der Waals surface area contributed by atoms with E-state index in [0.717, 1.165) is 25.0 Å². The minimum atomic E-state index is -0.287. The molecule has 1 atom stereocenters. The van der Waals surface area contributed by atoms with Gasteiger partial charge >= 0.3 is 0 Å². The molecule has 5 nitrogen and oxygen atoms in total. The van der Waals surface area contributed by atoms with E-state index < -0.39 is 0 Å². The Balaban J connectivity index is 1.43. The van der Waals surface area contributed by atoms with Gasteiger partial charge in [0.1, 0.15) is 11.6 Å². The van der Waals surface area contributed by atoms with Crippen LogP contribution in [0.15, 0.2) is 53.5 Å². The fourth-order valence-electron chi connectivity index (χ4n) is 2.56. The van der Waals surface area contributed by atoms with Gasteiger partial charge < -0.3 is 14.8 Å². The molecule has 3 rings (SSSR count). The average molecular weight is 356 g/mol. The van der Waals surface area contributed by atoms with E-state index >= 15 is 0 Å². The number of halogens is 1. The predicted molar refractivity (Wildman–Crippen MR) is 97.6 cm³/mol. The molecule has 136 valence electrons. The molecule has 0 radical (unpaired) electrons. The fraction of sp³-hybridized carbons (Fsp3) is 0.300. The Morgan fingerprint density at radius 3 is 2.69 bits per heavy atom. The summed E-state index contributed by atoms with van der Waals surface area (Å²) in [4.78, 5) is 16.1. The fourth-order valence-corrected chi connectivity index (χ4v) is 2.56. The van der Waals surface area contributed by atoms with Crippen LogP contribution in [0, 0.1) is 5.82 Å². The van der Waals surface area contributed by atoms with E-state index in [-0.39, 0.29) is 24.4 Å². The number of aliphatic imine (C=N–C) groups is 1. The number of amides is 1. The van der Waals surface area contributed by atoms with Gasteiger partial charge in [0.25, 0.3) is 5.91 Å². The first-order valence-corrected chi connectivity index (χ1v) is 8.60. The van der Waals surface area contributed by atoms with Crippen molar-refractivity contribution in [2.75, 3.05) is 19.8 Å². The molecule has 2 aromatic carbocycles. The van der Waals surface area contributed by atoms with Crippen LogP contribution in [-0.2, 0) is 9.53 Å². The number of nitrogens with zero attached hydrogens (tertiary/aromatic N) is 1. The average Bonchev–Trinajstić information content (AvgIpc) is 3.19. The quantitative estimate of drug-likeness (QED) is 0.775. The number of nitrogens with one attached hydrogen (secondary N) is 1. The van der Waals surface area contributed by atoms with Crippen LogP contribution < -0.4 is 10.1 Å². The molecule has 0 aromatic heterocycles. The summed E-state index contributed by atoms with van der Waals surface area (Å²) >= 11 is 0. The molecule has 6 heteroatoms. The lowest BCUT2D eigenvalue weighted by molar-refractivity contribution is -0.123. The largest absolute Gasteiger partial charge is 0.484 e. The zero-order chi connectivity index (χ0) is 18.2. The summed E-state index contributed by atoms with van der Waals surface area (Å²) in [5, 5.41) is 2.81. The van der Waals surface area contributed by atoms with Crippen molar-refractivity contribution in [3.8, 4) is 5.75 Å². The lowest BCUT2D eigenvalue weighted by Crippen LogP contribution is -2.35. The summed E-state index contributed by atoms with van der Waals surface area (Å²) in [7, 11) is 0. The van der Waals surface area contributed by atoms with Crippen molar-refractivity contribution in [3.63, 3.8) is 0 Å². The van der Waals surface area contributed by atoms with Crippen molar-refractivity contribution in [3.05, 3.63) is 59.9 Å². The molecule has 1 fully saturated rings. The van der Waals surface area contributed by atoms with E-state index in [1.165, 1.54) is 12.1 Å². The molecular formula is C20H21FN2O3. The second-order valence-corrected chi connectivity index (χ2v) is 6.03. The van der Waals surface area contributed by atoms with E-state index in [1.54, 1.807) is 30.5 Å². The summed E-state index contributed by atoms with van der Waals surface area (Å²) in [6, 6.07) is 13.2. The first kappa shape index (κ1) is 18.1. The van der Waals surface area contributed by atoms with E-state index in [1.807, 2.05) is 12.1 Å². The highest BCUT2D eigenvalue weighted by atomic mass is 19.1. The molecule has 2 aromatic rings. The van der Waals surface area contributed by atoms with Gasteiger partial charge in [-0.05, 0) is 66.9 Å². The number of hydrogen-bond donors (Lipinski definition) is 1. The van der Waals surface area contributed by atoms with Gasteiger partial charge in [0.15, 0.2) is 6.61 Å². The third-order valence-electron chi connectivity index (χ3n) is 3.99. The molecule has 1 aliphatic heterocycles. The molecule has 0 saturated carbocycles. The Hall–Kier alpha value is -2.73. The number of benzene rings is 2. The third-order valence-corrected chi connectivity index (χ3v) is 3.99. The highest BCUT2D eigenvalue weighted by molar-refractivity contribution is 5.82. The van der Waals surface area contributed by atoms with Crippen LogP contribution >= 0.6 is 0 Å². The summed E-state index contributed by atoms with van der Waals surface area (Å²) in [5.74, 6) is 0.156. The maximum Gasteiger partial charge on any atom is 0.258 e. The maximum atomic E-state index is 12.9. The van der Waals surface area contributed by atoms with Gasteiger partial charge in [0.2, 0.25) is 0 Å². The molecule has 26 heavy (non-hydrogen) atoms. The zero-order valence-corrected chi connectivity index (χ0v) is 14.4. The van der Waals surface area contributed by atoms with Crippen molar-refractivity contribution in [2.45, 2.75) is 18.9 Å². The molecule has 1 amide bonds. The van der Waals surface area contributed by atoms with E-state index in [9.17, 15) is 9.18 Å². The van der Waals surface area contributed by atoms with Gasteiger partial charge in [-0.3, -0.25) is 9.79 Å². The van der Waals surface area contributed by atoms with Crippen molar-refractivity contribution in [2.24, 2.45) is 4.99 Å². The number of hydrogen-bond acceptors (Lipinski definition) is 4. The SMILES string of the molecule is O=C(COc1ccc(C=Nc2ccc(F)cc2)cc1)NC[C@H]1CCCO1. The maximum absolute atomic E-state index is 12.9. The van der Waals surface area contributed by atoms with Crippen LogP contribution in [0.1, 0.15) is 18.4 Å². The summed E-state index contributed by atoms with van der Waals surface area (Å²) in [5.41, 5.74) is 1.55. The number of carbonyl (C=O) groups excluding carboxylic acids is 1. The lowest BCUT2D eigenvalue weighted by atomic mass is 10.2. The first-order valence-electron chi connectivity index (χ1n) is 8.60. The zero-order valence-electron chi connectivity index (χ0n) is 14.4. The minimum Gasteiger partial charge on any atom is -0.484 e. The molecule has 1 saturated heterocycles. The van der Waals surface area contributed by atoms with Crippen LogP contribution in [0.25, 0.3) is 0 Å². The molecule has 0 spiro atoms. The van der Waals surface area contributed by atoms with E-state index in [0.29, 0.717) is 18.0 Å². The molecule has 1 aliphatic rings. The summed E-state index contributed by atoms with van der Waals surface area (Å²) in [6.45, 7) is 1.27. The van der Waals surface area contributed by atoms with Crippen molar-refractivity contribution in [1.29, 1.82) is 0 Å². The van der Waals surface area contributed by atoms with Gasteiger partial charge in [-0.1, -0.05) is 0 Å². The van der Waals surface area contributed by atoms with Crippen molar-refractivity contribution >= 4 is 17.8 Å². The van der Waals surface area contributed by atoms with Crippen LogP contribution in [0.5, 0.6) is 5.75 Å². The highest BCUT2D eigenvalue weighted by Gasteiger charge is 2.16. The molecule has 0 aliphatic carbocycles. The number of rotatable bonds is 7. The molecule has 1 N–H and O–H groups in total. The second-order valence-electron chi connectivity index (χ2n) is 6.03. The molecular weight excluding hydrogens is 335 g/mol. The topological polar surface area (TPSA) is 59.9 Å². The number of carbonyl (C=O) groups is 1. The first-order chi connectivity index (χ1) is 12.7. The predicted octanol–water partition coefficient (Wildman–Crippen LogP) is 3.25. The van der Waals surface area contributed by atoms with Gasteiger partial charge in [0.05, 0.1) is 11.8 Å². The lowest BCUT2D eigenvalue weighted by Gasteiger charge is -2.11. The second kappa shape index (κ2) is 9.10. The van der Waals surface area contributed by atoms with Gasteiger partial charge in [0, 0.05) is 19.4 Å². The number of ether oxygens (including phenoxy) is 2. The molecule has 1 heterocycles. The molecule has 0 bridgehead atoms. The van der Waals surface area contributed by atoms with Gasteiger partial charge in [-0.2, -0.15) is 0 Å². The van der Waals surface area contributed by atoms with E-state index in [4.69, 9.17) is 9.47 Å². The highest BCUT2D eigenvalue weighted by Crippen LogP contribution is 2.14. The Labute approximate surface area is 151 Å².